The Hall–Kier alpha value is -1.05. The van der Waals surface area contributed by atoms with Crippen LogP contribution in [0.3, 0.4) is 0 Å². The lowest BCUT2D eigenvalue weighted by atomic mass is 10.2. The first kappa shape index (κ1) is 9.04. The van der Waals surface area contributed by atoms with Gasteiger partial charge in [-0.1, -0.05) is 13.3 Å². The molecule has 0 radical (unpaired) electrons. The van der Waals surface area contributed by atoms with Gasteiger partial charge in [-0.15, -0.1) is 0 Å². The maximum atomic E-state index is 5.28. The van der Waals surface area contributed by atoms with E-state index in [4.69, 9.17) is 4.74 Å². The normalized spacial score (nSPS) is 9.83. The van der Waals surface area contributed by atoms with Gasteiger partial charge in [0.05, 0.1) is 12.8 Å². The average molecular weight is 165 g/mol. The van der Waals surface area contributed by atoms with E-state index in [1.807, 2.05) is 19.1 Å². The van der Waals surface area contributed by atoms with Crippen LogP contribution in [0.4, 0.5) is 0 Å². The van der Waals surface area contributed by atoms with Crippen molar-refractivity contribution in [3.05, 3.63) is 24.0 Å². The molecule has 0 atom stereocenters. The molecule has 0 N–H and O–H groups in total. The topological polar surface area (TPSA) is 22.1 Å². The monoisotopic (exact) mass is 165 g/mol. The molecule has 0 aromatic carbocycles. The highest BCUT2D eigenvalue weighted by molar-refractivity contribution is 5.19. The molecule has 66 valence electrons. The minimum Gasteiger partial charge on any atom is -0.492 e. The van der Waals surface area contributed by atoms with Gasteiger partial charge in [0.15, 0.2) is 0 Å². The summed E-state index contributed by atoms with van der Waals surface area (Å²) in [5.74, 6) is 0.859. The highest BCUT2D eigenvalue weighted by Crippen LogP contribution is 2.09. The van der Waals surface area contributed by atoms with Gasteiger partial charge in [0.2, 0.25) is 0 Å². The highest BCUT2D eigenvalue weighted by atomic mass is 16.5. The summed E-state index contributed by atoms with van der Waals surface area (Å²) >= 11 is 0. The summed E-state index contributed by atoms with van der Waals surface area (Å²) in [5, 5.41) is 0. The molecular weight excluding hydrogens is 150 g/mol. The molecule has 0 unspecified atom stereocenters. The van der Waals surface area contributed by atoms with Crippen LogP contribution in [-0.2, 0) is 6.42 Å². The summed E-state index contributed by atoms with van der Waals surface area (Å²) in [7, 11) is 0. The van der Waals surface area contributed by atoms with Gasteiger partial charge in [-0.25, -0.2) is 0 Å². The number of hydrogen-bond acceptors (Lipinski definition) is 2. The van der Waals surface area contributed by atoms with Gasteiger partial charge in [-0.05, 0) is 25.5 Å². The van der Waals surface area contributed by atoms with Crippen LogP contribution in [0.25, 0.3) is 0 Å². The summed E-state index contributed by atoms with van der Waals surface area (Å²) in [6, 6.07) is 4.00. The Morgan fingerprint density at radius 3 is 2.67 bits per heavy atom. The van der Waals surface area contributed by atoms with E-state index in [9.17, 15) is 0 Å². The first-order chi connectivity index (χ1) is 5.86. The average Bonchev–Trinajstić information content (AvgIpc) is 2.09. The van der Waals surface area contributed by atoms with Crippen molar-refractivity contribution in [1.82, 2.24) is 4.98 Å². The second-order valence-corrected chi connectivity index (χ2v) is 2.67. The lowest BCUT2D eigenvalue weighted by molar-refractivity contribution is 0.338. The number of rotatable bonds is 4. The summed E-state index contributed by atoms with van der Waals surface area (Å²) in [5.41, 5.74) is 1.14. The van der Waals surface area contributed by atoms with Crippen LogP contribution in [0.1, 0.15) is 26.0 Å². The number of ether oxygens (including phenoxy) is 1. The maximum absolute atomic E-state index is 5.28. The Bertz CT molecular complexity index is 193. The molecule has 0 amide bonds. The molecule has 0 spiro atoms. The summed E-state index contributed by atoms with van der Waals surface area (Å²) in [6.07, 6.45) is 3.97. The van der Waals surface area contributed by atoms with E-state index < -0.39 is 0 Å². The van der Waals surface area contributed by atoms with E-state index in [1.165, 1.54) is 0 Å². The van der Waals surface area contributed by atoms with Gasteiger partial charge in [0.25, 0.3) is 0 Å². The molecule has 0 bridgehead atoms. The first-order valence-electron chi connectivity index (χ1n) is 4.44. The SMILES string of the molecule is CCCc1ccc(OCC)cn1. The molecule has 0 aliphatic carbocycles. The van der Waals surface area contributed by atoms with Crippen LogP contribution >= 0.6 is 0 Å². The molecule has 0 aliphatic rings. The molecular formula is C10H15NO. The fraction of sp³-hybridized carbons (Fsp3) is 0.500. The molecule has 0 saturated carbocycles. The van der Waals surface area contributed by atoms with Crippen molar-refractivity contribution in [3.8, 4) is 5.75 Å². The van der Waals surface area contributed by atoms with E-state index in [0.717, 1.165) is 24.3 Å². The third-order valence-corrected chi connectivity index (χ3v) is 1.61. The van der Waals surface area contributed by atoms with Crippen molar-refractivity contribution in [2.75, 3.05) is 6.61 Å². The van der Waals surface area contributed by atoms with Crippen molar-refractivity contribution in [1.29, 1.82) is 0 Å². The second kappa shape index (κ2) is 4.75. The smallest absolute Gasteiger partial charge is 0.137 e. The van der Waals surface area contributed by atoms with Gasteiger partial charge in [-0.2, -0.15) is 0 Å². The Morgan fingerprint density at radius 1 is 1.33 bits per heavy atom. The maximum Gasteiger partial charge on any atom is 0.137 e. The van der Waals surface area contributed by atoms with Crippen molar-refractivity contribution in [2.24, 2.45) is 0 Å². The zero-order valence-electron chi connectivity index (χ0n) is 7.71. The van der Waals surface area contributed by atoms with Crippen molar-refractivity contribution < 1.29 is 4.74 Å². The molecule has 2 heteroatoms. The van der Waals surface area contributed by atoms with Crippen LogP contribution in [0.2, 0.25) is 0 Å². The number of aryl methyl sites for hydroxylation is 1. The number of pyridine rings is 1. The minimum atomic E-state index is 0.703. The third-order valence-electron chi connectivity index (χ3n) is 1.61. The zero-order valence-corrected chi connectivity index (χ0v) is 7.71. The predicted molar refractivity (Wildman–Crippen MR) is 49.4 cm³/mol. The molecule has 0 aliphatic heterocycles. The second-order valence-electron chi connectivity index (χ2n) is 2.67. The van der Waals surface area contributed by atoms with Crippen molar-refractivity contribution in [2.45, 2.75) is 26.7 Å². The Labute approximate surface area is 73.6 Å². The van der Waals surface area contributed by atoms with E-state index in [1.54, 1.807) is 6.20 Å². The summed E-state index contributed by atoms with van der Waals surface area (Å²) < 4.78 is 5.28. The van der Waals surface area contributed by atoms with Crippen LogP contribution < -0.4 is 4.74 Å². The fourth-order valence-corrected chi connectivity index (χ4v) is 1.07. The standard InChI is InChI=1S/C10H15NO/c1-3-5-9-6-7-10(8-11-9)12-4-2/h6-8H,3-5H2,1-2H3. The van der Waals surface area contributed by atoms with E-state index in [0.29, 0.717) is 6.61 Å². The van der Waals surface area contributed by atoms with Gasteiger partial charge >= 0.3 is 0 Å². The fourth-order valence-electron chi connectivity index (χ4n) is 1.07. The van der Waals surface area contributed by atoms with Gasteiger partial charge in [0.1, 0.15) is 5.75 Å². The van der Waals surface area contributed by atoms with Gasteiger partial charge in [0, 0.05) is 5.69 Å². The van der Waals surface area contributed by atoms with Crippen LogP contribution in [-0.4, -0.2) is 11.6 Å². The number of nitrogens with zero attached hydrogens (tertiary/aromatic N) is 1. The number of hydrogen-bond donors (Lipinski definition) is 0. The zero-order chi connectivity index (χ0) is 8.81. The molecule has 12 heavy (non-hydrogen) atoms. The van der Waals surface area contributed by atoms with E-state index >= 15 is 0 Å². The Morgan fingerprint density at radius 2 is 2.17 bits per heavy atom. The van der Waals surface area contributed by atoms with E-state index in [-0.39, 0.29) is 0 Å². The third kappa shape index (κ3) is 2.53. The summed E-state index contributed by atoms with van der Waals surface area (Å²) in [4.78, 5) is 4.26. The molecule has 0 saturated heterocycles. The van der Waals surface area contributed by atoms with E-state index in [2.05, 4.69) is 11.9 Å². The molecule has 2 nitrogen and oxygen atoms in total. The minimum absolute atomic E-state index is 0.703. The van der Waals surface area contributed by atoms with Gasteiger partial charge < -0.3 is 4.74 Å². The van der Waals surface area contributed by atoms with Crippen LogP contribution in [0, 0.1) is 0 Å². The predicted octanol–water partition coefficient (Wildman–Crippen LogP) is 2.43. The largest absolute Gasteiger partial charge is 0.492 e. The molecule has 0 fully saturated rings. The summed E-state index contributed by atoms with van der Waals surface area (Å²) in [6.45, 7) is 4.83. The van der Waals surface area contributed by atoms with Crippen molar-refractivity contribution >= 4 is 0 Å². The molecule has 1 aromatic heterocycles. The molecule has 1 rings (SSSR count). The van der Waals surface area contributed by atoms with Crippen molar-refractivity contribution in [3.63, 3.8) is 0 Å². The molecule has 1 heterocycles. The lowest BCUT2D eigenvalue weighted by Crippen LogP contribution is -1.93. The highest BCUT2D eigenvalue weighted by Gasteiger charge is 1.94. The van der Waals surface area contributed by atoms with Crippen LogP contribution in [0.5, 0.6) is 5.75 Å². The van der Waals surface area contributed by atoms with Crippen LogP contribution in [0.15, 0.2) is 18.3 Å². The number of aromatic nitrogens is 1. The van der Waals surface area contributed by atoms with Gasteiger partial charge in [-0.3, -0.25) is 4.98 Å². The Kier molecular flexibility index (Phi) is 3.58. The quantitative estimate of drug-likeness (QED) is 0.683. The molecule has 1 aromatic rings. The first-order valence-corrected chi connectivity index (χ1v) is 4.44. The lowest BCUT2D eigenvalue weighted by Gasteiger charge is -2.02. The Balaban J connectivity index is 2.58.